The predicted octanol–water partition coefficient (Wildman–Crippen LogP) is -1.18. The summed E-state index contributed by atoms with van der Waals surface area (Å²) in [6.45, 7) is 0. The first kappa shape index (κ1) is 17.1. The van der Waals surface area contributed by atoms with E-state index in [0.717, 1.165) is 0 Å². The van der Waals surface area contributed by atoms with Crippen LogP contribution in [-0.4, -0.2) is 50.7 Å². The molecule has 18 heavy (non-hydrogen) atoms. The molecule has 0 aromatic heterocycles. The average molecular weight is 289 g/mol. The minimum atomic E-state index is -4.67. The van der Waals surface area contributed by atoms with Gasteiger partial charge in [0.2, 0.25) is 0 Å². The second kappa shape index (κ2) is 5.83. The molecule has 1 amide bonds. The average Bonchev–Trinajstić information content (AvgIpc) is 2.36. The van der Waals surface area contributed by atoms with E-state index >= 15 is 0 Å². The Labute approximate surface area is 115 Å². The normalized spacial score (nSPS) is 15.6. The van der Waals surface area contributed by atoms with Crippen LogP contribution >= 0.6 is 0 Å². The van der Waals surface area contributed by atoms with Crippen molar-refractivity contribution in [2.75, 3.05) is 0 Å². The summed E-state index contributed by atoms with van der Waals surface area (Å²) in [5.74, 6) is -0.550. The zero-order chi connectivity index (χ0) is 13.3. The molecule has 2 rings (SSSR count). The Balaban J connectivity index is 0.000000421. The molecule has 8 nitrogen and oxygen atoms in total. The number of hydrogen-bond acceptors (Lipinski definition) is 5. The molecule has 1 aliphatic heterocycles. The zero-order valence-electron chi connectivity index (χ0n) is 8.06. The van der Waals surface area contributed by atoms with Crippen molar-refractivity contribution in [3.8, 4) is 0 Å². The van der Waals surface area contributed by atoms with E-state index in [1.807, 2.05) is 4.72 Å². The van der Waals surface area contributed by atoms with Gasteiger partial charge in [0.1, 0.15) is 4.90 Å². The van der Waals surface area contributed by atoms with E-state index in [4.69, 9.17) is 17.5 Å². The number of sulfonamides is 1. The summed E-state index contributed by atoms with van der Waals surface area (Å²) in [5, 5.41) is 0. The number of benzene rings is 1. The van der Waals surface area contributed by atoms with Crippen molar-refractivity contribution in [2.45, 2.75) is 4.90 Å². The number of fused-ring (bicyclic) bond motifs is 1. The monoisotopic (exact) mass is 289 g/mol. The summed E-state index contributed by atoms with van der Waals surface area (Å²) in [4.78, 5) is 11.1. The molecule has 96 valence electrons. The topological polar surface area (TPSA) is 138 Å². The third-order valence-corrected chi connectivity index (χ3v) is 3.04. The third-order valence-electron chi connectivity index (χ3n) is 1.65. The third kappa shape index (κ3) is 4.77. The quantitative estimate of drug-likeness (QED) is 0.403. The Morgan fingerprint density at radius 3 is 2.00 bits per heavy atom. The van der Waals surface area contributed by atoms with Crippen LogP contribution in [0.5, 0.6) is 0 Å². The maximum absolute atomic E-state index is 11.1. The standard InChI is InChI=1S/C7H5NO3S.Li.H2O4S.H/c9-7-5-3-1-2-4-6(5)12(10,11)8-7;;1-5(2,3)4;/h1-4H,(H,8,9);;(H2,1,2,3,4);. The molecule has 1 aromatic rings. The van der Waals surface area contributed by atoms with Crippen molar-refractivity contribution in [1.82, 2.24) is 4.72 Å². The van der Waals surface area contributed by atoms with Gasteiger partial charge in [-0.25, -0.2) is 13.1 Å². The summed E-state index contributed by atoms with van der Waals surface area (Å²) in [6, 6.07) is 6.09. The molecular formula is C7H8LiNO7S2. The van der Waals surface area contributed by atoms with E-state index in [9.17, 15) is 13.2 Å². The minimum absolute atomic E-state index is 0. The van der Waals surface area contributed by atoms with E-state index in [2.05, 4.69) is 0 Å². The van der Waals surface area contributed by atoms with Gasteiger partial charge in [-0.15, -0.1) is 0 Å². The molecular weight excluding hydrogens is 281 g/mol. The molecule has 0 saturated carbocycles. The van der Waals surface area contributed by atoms with Crippen LogP contribution in [0, 0.1) is 0 Å². The molecule has 0 bridgehead atoms. The van der Waals surface area contributed by atoms with Crippen LogP contribution < -0.4 is 4.72 Å². The molecule has 1 heterocycles. The van der Waals surface area contributed by atoms with Crippen molar-refractivity contribution in [3.05, 3.63) is 29.8 Å². The maximum atomic E-state index is 11.1. The Hall–Kier alpha value is -0.893. The van der Waals surface area contributed by atoms with Crippen molar-refractivity contribution >= 4 is 45.2 Å². The van der Waals surface area contributed by atoms with Crippen LogP contribution in [0.1, 0.15) is 10.4 Å². The molecule has 0 radical (unpaired) electrons. The van der Waals surface area contributed by atoms with Crippen molar-refractivity contribution in [3.63, 3.8) is 0 Å². The van der Waals surface area contributed by atoms with Crippen LogP contribution in [-0.2, 0) is 20.4 Å². The molecule has 0 fully saturated rings. The van der Waals surface area contributed by atoms with E-state index in [0.29, 0.717) is 0 Å². The Bertz CT molecular complexity index is 644. The van der Waals surface area contributed by atoms with E-state index in [1.165, 1.54) is 12.1 Å². The number of carbonyl (C=O) groups excluding carboxylic acids is 1. The van der Waals surface area contributed by atoms with Crippen molar-refractivity contribution < 1.29 is 30.7 Å². The molecule has 0 atom stereocenters. The Morgan fingerprint density at radius 2 is 1.56 bits per heavy atom. The van der Waals surface area contributed by atoms with Gasteiger partial charge >= 0.3 is 29.3 Å². The summed E-state index contributed by atoms with van der Waals surface area (Å²) in [7, 11) is -8.22. The molecule has 1 aliphatic rings. The van der Waals surface area contributed by atoms with Crippen molar-refractivity contribution in [2.24, 2.45) is 0 Å². The fourth-order valence-electron chi connectivity index (χ4n) is 1.12. The zero-order valence-corrected chi connectivity index (χ0v) is 9.69. The molecule has 3 N–H and O–H groups in total. The number of amides is 1. The fourth-order valence-corrected chi connectivity index (χ4v) is 2.29. The first-order chi connectivity index (χ1) is 7.61. The molecule has 11 heteroatoms. The summed E-state index contributed by atoms with van der Waals surface area (Å²) >= 11 is 0. The van der Waals surface area contributed by atoms with Crippen LogP contribution in [0.2, 0.25) is 0 Å². The van der Waals surface area contributed by atoms with Gasteiger partial charge in [-0.05, 0) is 12.1 Å². The fraction of sp³-hybridized carbons (Fsp3) is 0. The van der Waals surface area contributed by atoms with Crippen LogP contribution in [0.3, 0.4) is 0 Å². The van der Waals surface area contributed by atoms with Gasteiger partial charge in [0, 0.05) is 0 Å². The Morgan fingerprint density at radius 1 is 1.11 bits per heavy atom. The Kier molecular flexibility index (Phi) is 5.54. The summed E-state index contributed by atoms with van der Waals surface area (Å²) in [5.41, 5.74) is 0.220. The van der Waals surface area contributed by atoms with Crippen molar-refractivity contribution in [1.29, 1.82) is 0 Å². The molecule has 0 unspecified atom stereocenters. The van der Waals surface area contributed by atoms with Gasteiger partial charge in [-0.3, -0.25) is 13.9 Å². The molecule has 0 saturated heterocycles. The van der Waals surface area contributed by atoms with E-state index in [-0.39, 0.29) is 29.3 Å². The number of carbonyl (C=O) groups is 1. The SMILES string of the molecule is O=C1NS(=O)(=O)c2ccccc21.O=S(=O)(O)O.[LiH]. The predicted molar refractivity (Wildman–Crippen MR) is 62.4 cm³/mol. The van der Waals surface area contributed by atoms with E-state index in [1.54, 1.807) is 12.1 Å². The number of nitrogens with one attached hydrogen (secondary N) is 1. The van der Waals surface area contributed by atoms with Crippen LogP contribution in [0.4, 0.5) is 0 Å². The first-order valence-corrected chi connectivity index (χ1v) is 6.85. The summed E-state index contributed by atoms with van der Waals surface area (Å²) < 4.78 is 55.7. The van der Waals surface area contributed by atoms with Gasteiger partial charge in [0.15, 0.2) is 0 Å². The second-order valence-corrected chi connectivity index (χ2v) is 5.43. The molecule has 0 spiro atoms. The number of hydrogen-bond donors (Lipinski definition) is 3. The van der Waals surface area contributed by atoms with Gasteiger partial charge in [0.25, 0.3) is 15.9 Å². The second-order valence-electron chi connectivity index (χ2n) is 2.88. The van der Waals surface area contributed by atoms with E-state index < -0.39 is 26.3 Å². The van der Waals surface area contributed by atoms with Gasteiger partial charge in [-0.1, -0.05) is 12.1 Å². The number of rotatable bonds is 0. The van der Waals surface area contributed by atoms with Gasteiger partial charge < -0.3 is 0 Å². The molecule has 1 aromatic carbocycles. The van der Waals surface area contributed by atoms with Gasteiger partial charge in [0.05, 0.1) is 5.56 Å². The van der Waals surface area contributed by atoms with Gasteiger partial charge in [-0.2, -0.15) is 8.42 Å². The summed E-state index contributed by atoms with van der Waals surface area (Å²) in [6.07, 6.45) is 0. The first-order valence-electron chi connectivity index (χ1n) is 3.97. The van der Waals surface area contributed by atoms with Crippen LogP contribution in [0.15, 0.2) is 29.2 Å². The molecule has 0 aliphatic carbocycles. The van der Waals surface area contributed by atoms with Crippen LogP contribution in [0.25, 0.3) is 0 Å².